The molecule has 0 nitrogen and oxygen atoms in total. The van der Waals surface area contributed by atoms with Crippen molar-refractivity contribution < 1.29 is 0 Å². The minimum absolute atomic E-state index is 0.767. The van der Waals surface area contributed by atoms with Crippen molar-refractivity contribution in [3.05, 3.63) is 11.6 Å². The molecule has 3 aliphatic rings. The molecule has 0 saturated heterocycles. The van der Waals surface area contributed by atoms with Crippen LogP contribution in [-0.4, -0.2) is 0 Å². The molecule has 0 amide bonds. The summed E-state index contributed by atoms with van der Waals surface area (Å²) in [7, 11) is 0. The molecule has 2 saturated carbocycles. The second-order valence-electron chi connectivity index (χ2n) is 4.71. The number of fused-ring (bicyclic) bond motifs is 1. The highest BCUT2D eigenvalue weighted by atomic mass is 14.5. The zero-order valence-corrected chi connectivity index (χ0v) is 7.10. The molecule has 3 rings (SSSR count). The molecule has 60 valence electrons. The van der Waals surface area contributed by atoms with E-state index in [4.69, 9.17) is 0 Å². The van der Waals surface area contributed by atoms with Gasteiger partial charge in [0.2, 0.25) is 0 Å². The van der Waals surface area contributed by atoms with Gasteiger partial charge < -0.3 is 0 Å². The molecule has 2 fully saturated rings. The van der Waals surface area contributed by atoms with Crippen molar-refractivity contribution in [1.82, 2.24) is 0 Å². The molecule has 0 heterocycles. The summed E-state index contributed by atoms with van der Waals surface area (Å²) in [5.41, 5.74) is 2.63. The van der Waals surface area contributed by atoms with E-state index in [2.05, 4.69) is 6.08 Å². The van der Waals surface area contributed by atoms with Crippen LogP contribution in [0.3, 0.4) is 0 Å². The smallest absolute Gasteiger partial charge is 0.00823 e. The second-order valence-corrected chi connectivity index (χ2v) is 4.71. The van der Waals surface area contributed by atoms with E-state index in [9.17, 15) is 0 Å². The number of allylic oxidation sites excluding steroid dienone is 2. The molecule has 0 aromatic rings. The van der Waals surface area contributed by atoms with E-state index < -0.39 is 0 Å². The molecule has 11 heavy (non-hydrogen) atoms. The standard InChI is InChI=1S/C11H16/c1-3-9-7-10-4-2-6-11(10,5-1)8-9/h4,9H,1-3,5-8H2. The van der Waals surface area contributed by atoms with Gasteiger partial charge in [-0.1, -0.05) is 24.5 Å². The topological polar surface area (TPSA) is 0 Å². The van der Waals surface area contributed by atoms with Gasteiger partial charge in [0.15, 0.2) is 0 Å². The summed E-state index contributed by atoms with van der Waals surface area (Å²) in [4.78, 5) is 0. The Morgan fingerprint density at radius 2 is 2.36 bits per heavy atom. The van der Waals surface area contributed by atoms with E-state index in [1.54, 1.807) is 6.42 Å². The lowest BCUT2D eigenvalue weighted by molar-refractivity contribution is 0.237. The van der Waals surface area contributed by atoms with Gasteiger partial charge in [-0.15, -0.1) is 0 Å². The maximum Gasteiger partial charge on any atom is -0.00823 e. The molecule has 3 aliphatic carbocycles. The molecule has 2 atom stereocenters. The zero-order valence-electron chi connectivity index (χ0n) is 7.10. The first-order valence-corrected chi connectivity index (χ1v) is 5.09. The molecule has 2 bridgehead atoms. The van der Waals surface area contributed by atoms with Gasteiger partial charge in [-0.2, -0.15) is 0 Å². The number of rotatable bonds is 0. The van der Waals surface area contributed by atoms with Crippen molar-refractivity contribution in [1.29, 1.82) is 0 Å². The minimum Gasteiger partial charge on any atom is -0.0847 e. The fraction of sp³-hybridized carbons (Fsp3) is 0.818. The summed E-state index contributed by atoms with van der Waals surface area (Å²) < 4.78 is 0. The highest BCUT2D eigenvalue weighted by molar-refractivity contribution is 5.26. The zero-order chi connectivity index (χ0) is 7.31. The predicted molar refractivity (Wildman–Crippen MR) is 46.3 cm³/mol. The fourth-order valence-corrected chi connectivity index (χ4v) is 3.69. The molecule has 1 spiro atoms. The summed E-state index contributed by atoms with van der Waals surface area (Å²) in [6.07, 6.45) is 13.0. The summed E-state index contributed by atoms with van der Waals surface area (Å²) >= 11 is 0. The average molecular weight is 148 g/mol. The molecule has 0 aromatic heterocycles. The van der Waals surface area contributed by atoms with E-state index >= 15 is 0 Å². The summed E-state index contributed by atoms with van der Waals surface area (Å²) in [6.45, 7) is 0. The van der Waals surface area contributed by atoms with Crippen LogP contribution in [0.5, 0.6) is 0 Å². The summed E-state index contributed by atoms with van der Waals surface area (Å²) in [5.74, 6) is 1.09. The highest BCUT2D eigenvalue weighted by Crippen LogP contribution is 2.59. The van der Waals surface area contributed by atoms with Gasteiger partial charge in [0.25, 0.3) is 0 Å². The van der Waals surface area contributed by atoms with Crippen molar-refractivity contribution >= 4 is 0 Å². The summed E-state index contributed by atoms with van der Waals surface area (Å²) in [6, 6.07) is 0. The predicted octanol–water partition coefficient (Wildman–Crippen LogP) is 3.29. The molecule has 0 radical (unpaired) electrons. The van der Waals surface area contributed by atoms with E-state index in [-0.39, 0.29) is 0 Å². The maximum atomic E-state index is 2.55. The Kier molecular flexibility index (Phi) is 1.09. The highest BCUT2D eigenvalue weighted by Gasteiger charge is 2.46. The van der Waals surface area contributed by atoms with E-state index in [0.717, 1.165) is 11.3 Å². The first kappa shape index (κ1) is 6.28. The number of hydrogen-bond acceptors (Lipinski definition) is 0. The first-order valence-electron chi connectivity index (χ1n) is 5.09. The Balaban J connectivity index is 2.03. The van der Waals surface area contributed by atoms with Gasteiger partial charge >= 0.3 is 0 Å². The Hall–Kier alpha value is -0.260. The monoisotopic (exact) mass is 148 g/mol. The van der Waals surface area contributed by atoms with E-state index in [1.165, 1.54) is 38.5 Å². The van der Waals surface area contributed by atoms with Crippen molar-refractivity contribution in [3.63, 3.8) is 0 Å². The van der Waals surface area contributed by atoms with Crippen LogP contribution < -0.4 is 0 Å². The lowest BCUT2D eigenvalue weighted by Crippen LogP contribution is -2.19. The average Bonchev–Trinajstić information content (AvgIpc) is 2.43. The third-order valence-corrected chi connectivity index (χ3v) is 4.15. The van der Waals surface area contributed by atoms with Crippen molar-refractivity contribution in [2.45, 2.75) is 44.9 Å². The van der Waals surface area contributed by atoms with Gasteiger partial charge in [-0.3, -0.25) is 0 Å². The van der Waals surface area contributed by atoms with Gasteiger partial charge in [0, 0.05) is 0 Å². The first-order chi connectivity index (χ1) is 5.39. The Bertz CT molecular complexity index is 214. The van der Waals surface area contributed by atoms with Crippen molar-refractivity contribution in [2.24, 2.45) is 11.3 Å². The molecule has 0 aliphatic heterocycles. The molecule has 0 heteroatoms. The normalized spacial score (nSPS) is 47.3. The van der Waals surface area contributed by atoms with E-state index in [0.29, 0.717) is 0 Å². The van der Waals surface area contributed by atoms with Gasteiger partial charge in [0.1, 0.15) is 0 Å². The van der Waals surface area contributed by atoms with Gasteiger partial charge in [-0.25, -0.2) is 0 Å². The van der Waals surface area contributed by atoms with Gasteiger partial charge in [-0.05, 0) is 43.4 Å². The van der Waals surface area contributed by atoms with Gasteiger partial charge in [0.05, 0.1) is 0 Å². The van der Waals surface area contributed by atoms with Crippen LogP contribution in [0.15, 0.2) is 11.6 Å². The van der Waals surface area contributed by atoms with Crippen molar-refractivity contribution in [3.8, 4) is 0 Å². The molecular formula is C11H16. The lowest BCUT2D eigenvalue weighted by Gasteiger charge is -2.31. The third-order valence-electron chi connectivity index (χ3n) is 4.15. The Labute approximate surface area is 68.7 Å². The molecule has 2 unspecified atom stereocenters. The molecule has 0 aromatic carbocycles. The van der Waals surface area contributed by atoms with Crippen LogP contribution in [-0.2, 0) is 0 Å². The van der Waals surface area contributed by atoms with Crippen LogP contribution >= 0.6 is 0 Å². The van der Waals surface area contributed by atoms with Crippen LogP contribution in [0.4, 0.5) is 0 Å². The van der Waals surface area contributed by atoms with Crippen LogP contribution in [0.1, 0.15) is 44.9 Å². The van der Waals surface area contributed by atoms with Crippen LogP contribution in [0.25, 0.3) is 0 Å². The Morgan fingerprint density at radius 3 is 3.36 bits per heavy atom. The molecule has 0 N–H and O–H groups in total. The van der Waals surface area contributed by atoms with Crippen molar-refractivity contribution in [2.75, 3.05) is 0 Å². The second kappa shape index (κ2) is 1.91. The molecular weight excluding hydrogens is 132 g/mol. The van der Waals surface area contributed by atoms with E-state index in [1.807, 2.05) is 5.57 Å². The summed E-state index contributed by atoms with van der Waals surface area (Å²) in [5, 5.41) is 0. The van der Waals surface area contributed by atoms with Crippen LogP contribution in [0, 0.1) is 11.3 Å². The quantitative estimate of drug-likeness (QED) is 0.462. The maximum absolute atomic E-state index is 2.55. The SMILES string of the molecule is C1=C2CC3CCCC2(CC1)C3. The lowest BCUT2D eigenvalue weighted by atomic mass is 9.74. The van der Waals surface area contributed by atoms with Crippen LogP contribution in [0.2, 0.25) is 0 Å². The Morgan fingerprint density at radius 1 is 1.36 bits per heavy atom. The fourth-order valence-electron chi connectivity index (χ4n) is 3.69. The minimum atomic E-state index is 0.767. The largest absolute Gasteiger partial charge is 0.0847 e. The number of hydrogen-bond donors (Lipinski definition) is 0. The third kappa shape index (κ3) is 0.706.